The first-order valence-corrected chi connectivity index (χ1v) is 6.15. The van der Waals surface area contributed by atoms with E-state index >= 15 is 0 Å². The molecule has 0 radical (unpaired) electrons. The number of ether oxygens (including phenoxy) is 1. The second-order valence-corrected chi connectivity index (χ2v) is 4.45. The molecule has 1 amide bonds. The van der Waals surface area contributed by atoms with Crippen molar-refractivity contribution in [1.82, 2.24) is 5.32 Å². The summed E-state index contributed by atoms with van der Waals surface area (Å²) in [7, 11) is 1.47. The summed E-state index contributed by atoms with van der Waals surface area (Å²) < 4.78 is 55.8. The molecule has 0 fully saturated rings. The SMILES string of the molecule is COCC(N)CCNC(=O)c1cc(C(F)(F)F)ccc1F. The van der Waals surface area contributed by atoms with Crippen LogP contribution in [0.1, 0.15) is 22.3 Å². The number of benzene rings is 1. The third-order valence-electron chi connectivity index (χ3n) is 2.72. The third kappa shape index (κ3) is 5.31. The normalized spacial score (nSPS) is 13.0. The van der Waals surface area contributed by atoms with Gasteiger partial charge in [0.25, 0.3) is 5.91 Å². The highest BCUT2D eigenvalue weighted by Gasteiger charge is 2.31. The largest absolute Gasteiger partial charge is 0.416 e. The zero-order valence-electron chi connectivity index (χ0n) is 11.3. The van der Waals surface area contributed by atoms with E-state index in [-0.39, 0.29) is 19.2 Å². The van der Waals surface area contributed by atoms with Crippen molar-refractivity contribution < 1.29 is 27.1 Å². The second-order valence-electron chi connectivity index (χ2n) is 4.45. The summed E-state index contributed by atoms with van der Waals surface area (Å²) in [6.45, 7) is 0.396. The molecule has 0 aliphatic heterocycles. The second kappa shape index (κ2) is 7.37. The lowest BCUT2D eigenvalue weighted by molar-refractivity contribution is -0.137. The molecule has 0 saturated heterocycles. The summed E-state index contributed by atoms with van der Waals surface area (Å²) in [5, 5.41) is 2.33. The minimum Gasteiger partial charge on any atom is -0.383 e. The number of alkyl halides is 3. The van der Waals surface area contributed by atoms with E-state index in [2.05, 4.69) is 5.32 Å². The molecule has 1 aromatic rings. The van der Waals surface area contributed by atoms with Gasteiger partial charge < -0.3 is 15.8 Å². The van der Waals surface area contributed by atoms with Crippen LogP contribution in [0.25, 0.3) is 0 Å². The number of nitrogens with one attached hydrogen (secondary N) is 1. The van der Waals surface area contributed by atoms with Crippen molar-refractivity contribution in [3.8, 4) is 0 Å². The number of nitrogens with two attached hydrogens (primary N) is 1. The van der Waals surface area contributed by atoms with Gasteiger partial charge in [0.1, 0.15) is 5.82 Å². The Bertz CT molecular complexity index is 492. The molecule has 4 nitrogen and oxygen atoms in total. The molecule has 0 aliphatic carbocycles. The van der Waals surface area contributed by atoms with Crippen molar-refractivity contribution >= 4 is 5.91 Å². The summed E-state index contributed by atoms with van der Waals surface area (Å²) in [6, 6.07) is 1.37. The molecule has 3 N–H and O–H groups in total. The van der Waals surface area contributed by atoms with E-state index in [0.717, 1.165) is 0 Å². The van der Waals surface area contributed by atoms with Crippen LogP contribution in [-0.2, 0) is 10.9 Å². The van der Waals surface area contributed by atoms with E-state index in [1.54, 1.807) is 0 Å². The molecule has 0 saturated carbocycles. The Labute approximate surface area is 119 Å². The molecule has 21 heavy (non-hydrogen) atoms. The zero-order chi connectivity index (χ0) is 16.0. The van der Waals surface area contributed by atoms with Gasteiger partial charge >= 0.3 is 6.18 Å². The lowest BCUT2D eigenvalue weighted by atomic mass is 10.1. The van der Waals surface area contributed by atoms with E-state index in [4.69, 9.17) is 10.5 Å². The molecule has 0 aromatic heterocycles. The van der Waals surface area contributed by atoms with Crippen LogP contribution in [0.2, 0.25) is 0 Å². The highest BCUT2D eigenvalue weighted by molar-refractivity contribution is 5.94. The van der Waals surface area contributed by atoms with Crippen LogP contribution in [0.15, 0.2) is 18.2 Å². The summed E-state index contributed by atoms with van der Waals surface area (Å²) in [6.07, 6.45) is -4.27. The zero-order valence-corrected chi connectivity index (χ0v) is 11.3. The fourth-order valence-corrected chi connectivity index (χ4v) is 1.64. The maximum atomic E-state index is 13.4. The first-order valence-electron chi connectivity index (χ1n) is 6.15. The molecule has 0 aliphatic rings. The first-order chi connectivity index (χ1) is 9.75. The standard InChI is InChI=1S/C13H16F4N2O2/c1-21-7-9(18)4-5-19-12(20)10-6-8(13(15,16)17)2-3-11(10)14/h2-3,6,9H,4-5,7,18H2,1H3,(H,19,20). The fraction of sp³-hybridized carbons (Fsp3) is 0.462. The molecule has 1 atom stereocenters. The van der Waals surface area contributed by atoms with Gasteiger partial charge in [-0.2, -0.15) is 13.2 Å². The Balaban J connectivity index is 2.69. The monoisotopic (exact) mass is 308 g/mol. The molecule has 0 spiro atoms. The Kier molecular flexibility index (Phi) is 6.10. The average Bonchev–Trinajstić information content (AvgIpc) is 2.38. The smallest absolute Gasteiger partial charge is 0.383 e. The Morgan fingerprint density at radius 3 is 2.67 bits per heavy atom. The Morgan fingerprint density at radius 2 is 2.10 bits per heavy atom. The van der Waals surface area contributed by atoms with Crippen molar-refractivity contribution in [2.45, 2.75) is 18.6 Å². The van der Waals surface area contributed by atoms with E-state index in [9.17, 15) is 22.4 Å². The van der Waals surface area contributed by atoms with Gasteiger partial charge in [0, 0.05) is 19.7 Å². The van der Waals surface area contributed by atoms with Crippen LogP contribution in [0.3, 0.4) is 0 Å². The molecule has 0 heterocycles. The Morgan fingerprint density at radius 1 is 1.43 bits per heavy atom. The number of carbonyl (C=O) groups is 1. The number of methoxy groups -OCH3 is 1. The molecule has 118 valence electrons. The predicted molar refractivity (Wildman–Crippen MR) is 68.2 cm³/mol. The number of halogens is 4. The van der Waals surface area contributed by atoms with Crippen molar-refractivity contribution in [2.24, 2.45) is 5.73 Å². The van der Waals surface area contributed by atoms with Crippen LogP contribution in [0, 0.1) is 5.82 Å². The molecule has 8 heteroatoms. The van der Waals surface area contributed by atoms with Crippen molar-refractivity contribution in [3.05, 3.63) is 35.1 Å². The summed E-state index contributed by atoms with van der Waals surface area (Å²) in [5.41, 5.74) is 3.89. The number of carbonyl (C=O) groups excluding carboxylic acids is 1. The number of rotatable bonds is 6. The van der Waals surface area contributed by atoms with Crippen LogP contribution >= 0.6 is 0 Å². The maximum absolute atomic E-state index is 13.4. The molecule has 1 aromatic carbocycles. The van der Waals surface area contributed by atoms with Gasteiger partial charge in [-0.1, -0.05) is 0 Å². The summed E-state index contributed by atoms with van der Waals surface area (Å²) in [4.78, 5) is 11.7. The van der Waals surface area contributed by atoms with Gasteiger partial charge in [-0.25, -0.2) is 4.39 Å². The molecular weight excluding hydrogens is 292 g/mol. The van der Waals surface area contributed by atoms with Crippen LogP contribution in [0.4, 0.5) is 17.6 Å². The molecule has 1 unspecified atom stereocenters. The average molecular weight is 308 g/mol. The third-order valence-corrected chi connectivity index (χ3v) is 2.72. The van der Waals surface area contributed by atoms with Gasteiger partial charge in [0.15, 0.2) is 0 Å². The first kappa shape index (κ1) is 17.4. The topological polar surface area (TPSA) is 64.3 Å². The van der Waals surface area contributed by atoms with Gasteiger partial charge in [-0.15, -0.1) is 0 Å². The minimum absolute atomic E-state index is 0.110. The van der Waals surface area contributed by atoms with Crippen LogP contribution < -0.4 is 11.1 Å². The van der Waals surface area contributed by atoms with E-state index < -0.39 is 29.0 Å². The lowest BCUT2D eigenvalue weighted by Crippen LogP contribution is -2.33. The van der Waals surface area contributed by atoms with Gasteiger partial charge in [-0.05, 0) is 24.6 Å². The van der Waals surface area contributed by atoms with Crippen molar-refractivity contribution in [1.29, 1.82) is 0 Å². The van der Waals surface area contributed by atoms with E-state index in [1.165, 1.54) is 7.11 Å². The number of amides is 1. The number of hydrogen-bond acceptors (Lipinski definition) is 3. The molecule has 1 rings (SSSR count). The molecule has 0 bridgehead atoms. The minimum atomic E-state index is -4.64. The summed E-state index contributed by atoms with van der Waals surface area (Å²) >= 11 is 0. The quantitative estimate of drug-likeness (QED) is 0.789. The lowest BCUT2D eigenvalue weighted by Gasteiger charge is -2.12. The van der Waals surface area contributed by atoms with Crippen LogP contribution in [0.5, 0.6) is 0 Å². The predicted octanol–water partition coefficient (Wildman–Crippen LogP) is 1.94. The van der Waals surface area contributed by atoms with Gasteiger partial charge in [0.05, 0.1) is 17.7 Å². The van der Waals surface area contributed by atoms with Crippen molar-refractivity contribution in [2.75, 3.05) is 20.3 Å². The maximum Gasteiger partial charge on any atom is 0.416 e. The fourth-order valence-electron chi connectivity index (χ4n) is 1.64. The molecular formula is C13H16F4N2O2. The number of hydrogen-bond donors (Lipinski definition) is 2. The van der Waals surface area contributed by atoms with Crippen LogP contribution in [-0.4, -0.2) is 32.2 Å². The van der Waals surface area contributed by atoms with Gasteiger partial charge in [0.2, 0.25) is 0 Å². The van der Waals surface area contributed by atoms with Gasteiger partial charge in [-0.3, -0.25) is 4.79 Å². The van der Waals surface area contributed by atoms with E-state index in [0.29, 0.717) is 24.6 Å². The highest BCUT2D eigenvalue weighted by atomic mass is 19.4. The summed E-state index contributed by atoms with van der Waals surface area (Å²) in [5.74, 6) is -1.93. The highest BCUT2D eigenvalue weighted by Crippen LogP contribution is 2.30. The Hall–Kier alpha value is -1.67. The van der Waals surface area contributed by atoms with E-state index in [1.807, 2.05) is 0 Å². The van der Waals surface area contributed by atoms with Crippen molar-refractivity contribution in [3.63, 3.8) is 0 Å².